The third-order valence-electron chi connectivity index (χ3n) is 3.41. The first-order valence-corrected chi connectivity index (χ1v) is 6.64. The van der Waals surface area contributed by atoms with Crippen LogP contribution < -0.4 is 9.47 Å². The number of nitro groups is 1. The van der Waals surface area contributed by atoms with Gasteiger partial charge in [0, 0.05) is 4.92 Å². The van der Waals surface area contributed by atoms with Crippen LogP contribution in [0.2, 0.25) is 0 Å². The lowest BCUT2D eigenvalue weighted by Gasteiger charge is -2.16. The van der Waals surface area contributed by atoms with Gasteiger partial charge in [-0.2, -0.15) is 0 Å². The minimum atomic E-state index is -0.490. The van der Waals surface area contributed by atoms with Crippen LogP contribution in [0, 0.1) is 15.9 Å². The topological polar surface area (TPSA) is 61.6 Å². The van der Waals surface area contributed by atoms with Crippen LogP contribution in [0.25, 0.3) is 0 Å². The lowest BCUT2D eigenvalue weighted by atomic mass is 9.91. The normalized spacial score (nSPS) is 11.8. The van der Waals surface area contributed by atoms with Gasteiger partial charge in [0.25, 0.3) is 0 Å². The summed E-state index contributed by atoms with van der Waals surface area (Å²) in [5.41, 5.74) is 1.38. The lowest BCUT2D eigenvalue weighted by molar-refractivity contribution is -0.481. The molecule has 0 aliphatic rings. The van der Waals surface area contributed by atoms with Gasteiger partial charge < -0.3 is 9.47 Å². The van der Waals surface area contributed by atoms with E-state index in [2.05, 4.69) is 0 Å². The summed E-state index contributed by atoms with van der Waals surface area (Å²) in [5, 5.41) is 11.0. The summed E-state index contributed by atoms with van der Waals surface area (Å²) < 4.78 is 23.5. The largest absolute Gasteiger partial charge is 0.493 e. The number of halogens is 1. The van der Waals surface area contributed by atoms with Crippen LogP contribution in [0.3, 0.4) is 0 Å². The van der Waals surface area contributed by atoms with Gasteiger partial charge in [-0.3, -0.25) is 10.1 Å². The predicted molar refractivity (Wildman–Crippen MR) is 79.7 cm³/mol. The molecule has 0 saturated carbocycles. The second-order valence-electron chi connectivity index (χ2n) is 4.73. The second-order valence-corrected chi connectivity index (χ2v) is 4.73. The second kappa shape index (κ2) is 6.89. The smallest absolute Gasteiger partial charge is 0.214 e. The van der Waals surface area contributed by atoms with Gasteiger partial charge in [0.2, 0.25) is 6.54 Å². The molecule has 0 heterocycles. The molecular weight excluding hydrogens is 289 g/mol. The number of benzene rings is 2. The maximum absolute atomic E-state index is 13.1. The van der Waals surface area contributed by atoms with E-state index >= 15 is 0 Å². The van der Waals surface area contributed by atoms with Crippen LogP contribution in [0.15, 0.2) is 42.5 Å². The Morgan fingerprint density at radius 2 is 1.64 bits per heavy atom. The summed E-state index contributed by atoms with van der Waals surface area (Å²) in [7, 11) is 3.02. The molecule has 116 valence electrons. The third kappa shape index (κ3) is 3.52. The zero-order chi connectivity index (χ0) is 16.1. The van der Waals surface area contributed by atoms with Gasteiger partial charge in [-0.15, -0.1) is 0 Å². The molecule has 0 aliphatic heterocycles. The van der Waals surface area contributed by atoms with Gasteiger partial charge in [-0.1, -0.05) is 18.2 Å². The van der Waals surface area contributed by atoms with E-state index in [0.29, 0.717) is 22.6 Å². The van der Waals surface area contributed by atoms with Crippen molar-refractivity contribution in [1.82, 2.24) is 0 Å². The summed E-state index contributed by atoms with van der Waals surface area (Å²) in [5.74, 6) is 0.173. The van der Waals surface area contributed by atoms with Crippen LogP contribution in [0.5, 0.6) is 11.5 Å². The monoisotopic (exact) mass is 305 g/mol. The summed E-state index contributed by atoms with van der Waals surface area (Å²) >= 11 is 0. The van der Waals surface area contributed by atoms with Crippen LogP contribution in [0.4, 0.5) is 4.39 Å². The summed E-state index contributed by atoms with van der Waals surface area (Å²) in [4.78, 5) is 10.6. The maximum atomic E-state index is 13.1. The lowest BCUT2D eigenvalue weighted by Crippen LogP contribution is -2.14. The average Bonchev–Trinajstić information content (AvgIpc) is 2.52. The minimum Gasteiger partial charge on any atom is -0.493 e. The molecule has 5 nitrogen and oxygen atoms in total. The van der Waals surface area contributed by atoms with Gasteiger partial charge >= 0.3 is 0 Å². The van der Waals surface area contributed by atoms with Gasteiger partial charge in [0.05, 0.1) is 20.1 Å². The molecule has 0 bridgehead atoms. The SMILES string of the molecule is COc1ccc([C@@H](C[N+](=O)[O-])c2ccc(F)cc2)cc1OC. The fourth-order valence-corrected chi connectivity index (χ4v) is 2.32. The molecule has 0 spiro atoms. The van der Waals surface area contributed by atoms with Crippen molar-refractivity contribution in [2.45, 2.75) is 5.92 Å². The van der Waals surface area contributed by atoms with Crippen molar-refractivity contribution in [1.29, 1.82) is 0 Å². The highest BCUT2D eigenvalue weighted by atomic mass is 19.1. The molecule has 0 amide bonds. The van der Waals surface area contributed by atoms with Gasteiger partial charge in [0.1, 0.15) is 5.82 Å². The number of ether oxygens (including phenoxy) is 2. The average molecular weight is 305 g/mol. The summed E-state index contributed by atoms with van der Waals surface area (Å²) in [6, 6.07) is 10.9. The van der Waals surface area contributed by atoms with E-state index in [0.717, 1.165) is 0 Å². The molecule has 0 fully saturated rings. The molecule has 22 heavy (non-hydrogen) atoms. The molecule has 1 atom stereocenters. The molecule has 0 N–H and O–H groups in total. The zero-order valence-corrected chi connectivity index (χ0v) is 12.3. The number of hydrogen-bond acceptors (Lipinski definition) is 4. The van der Waals surface area contributed by atoms with Crippen molar-refractivity contribution in [3.63, 3.8) is 0 Å². The van der Waals surface area contributed by atoms with E-state index < -0.39 is 5.92 Å². The summed E-state index contributed by atoms with van der Waals surface area (Å²) in [6.45, 7) is -0.291. The van der Waals surface area contributed by atoms with E-state index in [-0.39, 0.29) is 17.3 Å². The molecule has 6 heteroatoms. The van der Waals surface area contributed by atoms with Crippen molar-refractivity contribution in [3.05, 3.63) is 69.5 Å². The Labute approximate surface area is 127 Å². The number of nitrogens with zero attached hydrogens (tertiary/aromatic N) is 1. The Kier molecular flexibility index (Phi) is 4.93. The molecule has 2 aromatic carbocycles. The van der Waals surface area contributed by atoms with Crippen LogP contribution in [-0.4, -0.2) is 25.7 Å². The van der Waals surface area contributed by atoms with E-state index in [9.17, 15) is 14.5 Å². The molecule has 0 saturated heterocycles. The van der Waals surface area contributed by atoms with Crippen LogP contribution in [-0.2, 0) is 0 Å². The number of hydrogen-bond donors (Lipinski definition) is 0. The molecule has 2 rings (SSSR count). The van der Waals surface area contributed by atoms with Crippen molar-refractivity contribution < 1.29 is 18.8 Å². The molecule has 2 aromatic rings. The van der Waals surface area contributed by atoms with Gasteiger partial charge in [0.15, 0.2) is 11.5 Å². The summed E-state index contributed by atoms with van der Waals surface area (Å²) in [6.07, 6.45) is 0. The molecular formula is C16H16FNO4. The quantitative estimate of drug-likeness (QED) is 0.607. The Morgan fingerprint density at radius 1 is 1.05 bits per heavy atom. The van der Waals surface area contributed by atoms with Crippen molar-refractivity contribution in [3.8, 4) is 11.5 Å². The van der Waals surface area contributed by atoms with E-state index in [1.165, 1.54) is 26.4 Å². The van der Waals surface area contributed by atoms with Crippen LogP contribution in [0.1, 0.15) is 17.0 Å². The molecule has 0 radical (unpaired) electrons. The Hall–Kier alpha value is -2.63. The Morgan fingerprint density at radius 3 is 2.18 bits per heavy atom. The van der Waals surface area contributed by atoms with Gasteiger partial charge in [-0.25, -0.2) is 4.39 Å². The van der Waals surface area contributed by atoms with Crippen molar-refractivity contribution in [2.24, 2.45) is 0 Å². The maximum Gasteiger partial charge on any atom is 0.214 e. The highest BCUT2D eigenvalue weighted by Gasteiger charge is 2.21. The van der Waals surface area contributed by atoms with Crippen LogP contribution >= 0.6 is 0 Å². The van der Waals surface area contributed by atoms with Gasteiger partial charge in [-0.05, 0) is 35.4 Å². The number of methoxy groups -OCH3 is 2. The minimum absolute atomic E-state index is 0.291. The highest BCUT2D eigenvalue weighted by Crippen LogP contribution is 2.33. The molecule has 0 unspecified atom stereocenters. The first-order chi connectivity index (χ1) is 10.5. The standard InChI is InChI=1S/C16H16FNO4/c1-21-15-8-5-12(9-16(15)22-2)14(10-18(19)20)11-3-6-13(17)7-4-11/h3-9,14H,10H2,1-2H3/t14-/m0/s1. The number of rotatable bonds is 6. The van der Waals surface area contributed by atoms with E-state index in [4.69, 9.17) is 9.47 Å². The Balaban J connectivity index is 2.45. The fourth-order valence-electron chi connectivity index (χ4n) is 2.32. The first kappa shape index (κ1) is 15.8. The fraction of sp³-hybridized carbons (Fsp3) is 0.250. The zero-order valence-electron chi connectivity index (χ0n) is 12.3. The third-order valence-corrected chi connectivity index (χ3v) is 3.41. The highest BCUT2D eigenvalue weighted by molar-refractivity contribution is 5.46. The van der Waals surface area contributed by atoms with Crippen molar-refractivity contribution in [2.75, 3.05) is 20.8 Å². The molecule has 0 aromatic heterocycles. The Bertz CT molecular complexity index is 658. The van der Waals surface area contributed by atoms with E-state index in [1.807, 2.05) is 0 Å². The van der Waals surface area contributed by atoms with Crippen molar-refractivity contribution >= 4 is 0 Å². The first-order valence-electron chi connectivity index (χ1n) is 6.64. The molecule has 0 aliphatic carbocycles. The van der Waals surface area contributed by atoms with E-state index in [1.54, 1.807) is 30.3 Å². The predicted octanol–water partition coefficient (Wildman–Crippen LogP) is 3.25.